The molecule has 0 aliphatic rings. The van der Waals surface area contributed by atoms with Gasteiger partial charge in [0, 0.05) is 18.8 Å². The van der Waals surface area contributed by atoms with E-state index in [1.807, 2.05) is 0 Å². The quantitative estimate of drug-likeness (QED) is 0.433. The van der Waals surface area contributed by atoms with Crippen LogP contribution in [0.1, 0.15) is 33.6 Å². The number of carbonyl (C=O) groups excluding carboxylic acids is 2. The Kier molecular flexibility index (Phi) is 3.84. The Morgan fingerprint density at radius 3 is 2.74 bits per heavy atom. The number of esters is 1. The van der Waals surface area contributed by atoms with Gasteiger partial charge < -0.3 is 9.72 Å². The van der Waals surface area contributed by atoms with E-state index in [2.05, 4.69) is 15.2 Å². The van der Waals surface area contributed by atoms with Crippen molar-refractivity contribution >= 4 is 28.4 Å². The summed E-state index contributed by atoms with van der Waals surface area (Å²) in [6.45, 7) is 1.27. The van der Waals surface area contributed by atoms with E-state index >= 15 is 0 Å². The molecule has 0 saturated carbocycles. The van der Waals surface area contributed by atoms with Crippen LogP contribution in [0.15, 0.2) is 41.3 Å². The fraction of sp³-hybridized carbons (Fsp3) is 0.167. The Morgan fingerprint density at radius 2 is 2.00 bits per heavy atom. The highest BCUT2D eigenvalue weighted by Gasteiger charge is 2.17. The molecule has 0 unspecified atom stereocenters. The van der Waals surface area contributed by atoms with E-state index in [9.17, 15) is 14.4 Å². The molecule has 4 aromatic rings. The molecule has 1 N–H and O–H groups in total. The smallest absolute Gasteiger partial charge is 0.355 e. The second-order valence-corrected chi connectivity index (χ2v) is 6.07. The lowest BCUT2D eigenvalue weighted by atomic mass is 10.2. The molecule has 9 nitrogen and oxygen atoms in total. The third kappa shape index (κ3) is 2.69. The summed E-state index contributed by atoms with van der Waals surface area (Å²) in [5.41, 5.74) is 1.02. The van der Waals surface area contributed by atoms with Crippen molar-refractivity contribution in [2.75, 3.05) is 0 Å². The highest BCUT2D eigenvalue weighted by Crippen LogP contribution is 2.15. The number of aryl methyl sites for hydroxylation is 1. The molecule has 0 radical (unpaired) electrons. The van der Waals surface area contributed by atoms with E-state index in [1.165, 1.54) is 23.8 Å². The molecule has 1 aromatic carbocycles. The van der Waals surface area contributed by atoms with Gasteiger partial charge in [0.2, 0.25) is 5.78 Å². The van der Waals surface area contributed by atoms with Gasteiger partial charge in [-0.25, -0.2) is 4.79 Å². The third-order valence-corrected chi connectivity index (χ3v) is 4.33. The zero-order chi connectivity index (χ0) is 19.1. The molecular weight excluding hydrogens is 350 g/mol. The van der Waals surface area contributed by atoms with Gasteiger partial charge in [0.25, 0.3) is 5.56 Å². The van der Waals surface area contributed by atoms with Crippen LogP contribution in [-0.2, 0) is 18.4 Å². The van der Waals surface area contributed by atoms with Crippen molar-refractivity contribution in [3.05, 3.63) is 64.0 Å². The molecule has 27 heavy (non-hydrogen) atoms. The van der Waals surface area contributed by atoms with Gasteiger partial charge in [0.15, 0.2) is 18.2 Å². The molecule has 3 aromatic heterocycles. The standard InChI is InChI=1S/C18H15N5O4/c1-10(24)11-7-13(19-8-11)17(26)27-9-15-20-21-18-22(2)16(25)12-5-3-4-6-14(12)23(15)18/h3-8,19H,9H2,1-2H3. The van der Waals surface area contributed by atoms with E-state index in [-0.39, 0.29) is 23.6 Å². The van der Waals surface area contributed by atoms with Crippen LogP contribution in [0.3, 0.4) is 0 Å². The van der Waals surface area contributed by atoms with Crippen LogP contribution in [-0.4, -0.2) is 35.9 Å². The number of rotatable bonds is 4. The van der Waals surface area contributed by atoms with Crippen molar-refractivity contribution in [1.82, 2.24) is 24.1 Å². The lowest BCUT2D eigenvalue weighted by Gasteiger charge is -2.08. The topological polar surface area (TPSA) is 111 Å². The number of aromatic nitrogens is 5. The maximum atomic E-state index is 12.4. The zero-order valence-corrected chi connectivity index (χ0v) is 14.6. The Hall–Kier alpha value is -3.75. The first-order chi connectivity index (χ1) is 13.0. The summed E-state index contributed by atoms with van der Waals surface area (Å²) >= 11 is 0. The second-order valence-electron chi connectivity index (χ2n) is 6.07. The zero-order valence-electron chi connectivity index (χ0n) is 14.6. The van der Waals surface area contributed by atoms with Crippen LogP contribution in [0.4, 0.5) is 0 Å². The van der Waals surface area contributed by atoms with Crippen LogP contribution in [0.5, 0.6) is 0 Å². The summed E-state index contributed by atoms with van der Waals surface area (Å²) < 4.78 is 8.37. The lowest BCUT2D eigenvalue weighted by molar-refractivity contribution is 0.0455. The van der Waals surface area contributed by atoms with Gasteiger partial charge in [-0.15, -0.1) is 10.2 Å². The van der Waals surface area contributed by atoms with E-state index in [0.29, 0.717) is 28.1 Å². The van der Waals surface area contributed by atoms with Gasteiger partial charge in [0.1, 0.15) is 5.69 Å². The molecule has 0 amide bonds. The number of aromatic amines is 1. The predicted octanol–water partition coefficient (Wildman–Crippen LogP) is 1.47. The molecule has 3 heterocycles. The van der Waals surface area contributed by atoms with Crippen molar-refractivity contribution in [3.63, 3.8) is 0 Å². The highest BCUT2D eigenvalue weighted by atomic mass is 16.5. The highest BCUT2D eigenvalue weighted by molar-refractivity contribution is 5.97. The van der Waals surface area contributed by atoms with Gasteiger partial charge in [-0.1, -0.05) is 12.1 Å². The predicted molar refractivity (Wildman–Crippen MR) is 95.7 cm³/mol. The third-order valence-electron chi connectivity index (χ3n) is 4.33. The second kappa shape index (κ2) is 6.20. The number of ether oxygens (including phenoxy) is 1. The van der Waals surface area contributed by atoms with Gasteiger partial charge in [-0.05, 0) is 25.1 Å². The van der Waals surface area contributed by atoms with Gasteiger partial charge in [-0.2, -0.15) is 0 Å². The van der Waals surface area contributed by atoms with Crippen LogP contribution in [0.25, 0.3) is 16.7 Å². The maximum absolute atomic E-state index is 12.4. The molecule has 136 valence electrons. The van der Waals surface area contributed by atoms with Crippen LogP contribution in [0.2, 0.25) is 0 Å². The number of nitrogens with one attached hydrogen (secondary N) is 1. The van der Waals surface area contributed by atoms with Gasteiger partial charge in [-0.3, -0.25) is 18.6 Å². The van der Waals surface area contributed by atoms with E-state index in [0.717, 1.165) is 0 Å². The molecular formula is C18H15N5O4. The van der Waals surface area contributed by atoms with E-state index < -0.39 is 5.97 Å². The van der Waals surface area contributed by atoms with Gasteiger partial charge >= 0.3 is 5.97 Å². The lowest BCUT2D eigenvalue weighted by Crippen LogP contribution is -2.20. The van der Waals surface area contributed by atoms with Crippen LogP contribution < -0.4 is 5.56 Å². The molecule has 0 aliphatic heterocycles. The van der Waals surface area contributed by atoms with Gasteiger partial charge in [0.05, 0.1) is 10.9 Å². The van der Waals surface area contributed by atoms with E-state index in [4.69, 9.17) is 4.74 Å². The van der Waals surface area contributed by atoms with Crippen LogP contribution >= 0.6 is 0 Å². The number of H-pyrrole nitrogens is 1. The number of para-hydroxylation sites is 1. The Morgan fingerprint density at radius 1 is 1.22 bits per heavy atom. The summed E-state index contributed by atoms with van der Waals surface area (Å²) in [7, 11) is 1.61. The number of nitrogens with zero attached hydrogens (tertiary/aromatic N) is 4. The average Bonchev–Trinajstić information content (AvgIpc) is 3.32. The number of fused-ring (bicyclic) bond motifs is 3. The number of carbonyl (C=O) groups is 2. The molecule has 0 spiro atoms. The Bertz CT molecular complexity index is 1260. The average molecular weight is 365 g/mol. The number of ketones is 1. The Balaban J connectivity index is 1.69. The van der Waals surface area contributed by atoms with Crippen molar-refractivity contribution in [3.8, 4) is 0 Å². The maximum Gasteiger partial charge on any atom is 0.355 e. The molecule has 0 bridgehead atoms. The summed E-state index contributed by atoms with van der Waals surface area (Å²) in [6, 6.07) is 8.51. The molecule has 0 saturated heterocycles. The SMILES string of the molecule is CC(=O)c1c[nH]c(C(=O)OCc2nnc3n(C)c(=O)c4ccccc4n23)c1. The summed E-state index contributed by atoms with van der Waals surface area (Å²) in [6.07, 6.45) is 1.45. The molecule has 4 rings (SSSR count). The Labute approximate surface area is 152 Å². The number of benzene rings is 1. The summed E-state index contributed by atoms with van der Waals surface area (Å²) in [4.78, 5) is 38.7. The minimum atomic E-state index is -0.617. The number of hydrogen-bond acceptors (Lipinski definition) is 6. The van der Waals surface area contributed by atoms with Crippen molar-refractivity contribution in [2.24, 2.45) is 7.05 Å². The summed E-state index contributed by atoms with van der Waals surface area (Å²) in [5, 5.41) is 8.61. The fourth-order valence-electron chi connectivity index (χ4n) is 2.91. The summed E-state index contributed by atoms with van der Waals surface area (Å²) in [5.74, 6) is -0.0403. The molecule has 9 heteroatoms. The van der Waals surface area contributed by atoms with Crippen molar-refractivity contribution in [2.45, 2.75) is 13.5 Å². The fourth-order valence-corrected chi connectivity index (χ4v) is 2.91. The minimum absolute atomic E-state index is 0.142. The molecule has 0 fully saturated rings. The molecule has 0 aliphatic carbocycles. The first kappa shape index (κ1) is 16.7. The van der Waals surface area contributed by atoms with Crippen molar-refractivity contribution in [1.29, 1.82) is 0 Å². The van der Waals surface area contributed by atoms with Crippen LogP contribution in [0, 0.1) is 0 Å². The monoisotopic (exact) mass is 365 g/mol. The first-order valence-corrected chi connectivity index (χ1v) is 8.15. The largest absolute Gasteiger partial charge is 0.453 e. The normalized spacial score (nSPS) is 11.2. The molecule has 0 atom stereocenters. The number of Topliss-reactive ketones (excluding diaryl/α,β-unsaturated/α-hetero) is 1. The first-order valence-electron chi connectivity index (χ1n) is 8.15. The van der Waals surface area contributed by atoms with Crippen molar-refractivity contribution < 1.29 is 14.3 Å². The number of hydrogen-bond donors (Lipinski definition) is 1. The van der Waals surface area contributed by atoms with E-state index in [1.54, 1.807) is 35.7 Å². The minimum Gasteiger partial charge on any atom is -0.453 e.